The number of anilines is 2. The maximum atomic E-state index is 14.9. The monoisotopic (exact) mass is 929 g/mol. The maximum Gasteiger partial charge on any atom is 0.263 e. The first-order valence-electron chi connectivity index (χ1n) is 23.2. The maximum absolute atomic E-state index is 14.9. The summed E-state index contributed by atoms with van der Waals surface area (Å²) in [6, 6.07) is 24.0. The lowest BCUT2D eigenvalue weighted by atomic mass is 9.97. The van der Waals surface area contributed by atoms with Gasteiger partial charge in [-0.3, -0.25) is 24.4 Å². The Bertz CT molecular complexity index is 3900. The fourth-order valence-corrected chi connectivity index (χ4v) is 10.5. The summed E-state index contributed by atoms with van der Waals surface area (Å²) in [5.41, 5.74) is 21.9. The van der Waals surface area contributed by atoms with E-state index in [0.717, 1.165) is 99.9 Å². The molecule has 12 rings (SSSR count). The first-order chi connectivity index (χ1) is 34.2. The highest BCUT2D eigenvalue weighted by molar-refractivity contribution is 5.99. The van der Waals surface area contributed by atoms with Gasteiger partial charge < -0.3 is 20.9 Å². The molecule has 0 atom stereocenters. The number of piperidine rings is 1. The number of likely N-dealkylation sites (tertiary alicyclic amines) is 1. The number of aromatic amines is 2. The van der Waals surface area contributed by atoms with E-state index in [2.05, 4.69) is 76.4 Å². The van der Waals surface area contributed by atoms with Crippen molar-refractivity contribution in [2.45, 2.75) is 52.2 Å². The highest BCUT2D eigenvalue weighted by Crippen LogP contribution is 2.33. The third kappa shape index (κ3) is 7.16. The molecule has 9 heterocycles. The summed E-state index contributed by atoms with van der Waals surface area (Å²) in [5.74, 6) is 0.630. The third-order valence-electron chi connectivity index (χ3n) is 13.9. The molecule has 11 aromatic rings. The molecule has 0 bridgehead atoms. The van der Waals surface area contributed by atoms with Crippen LogP contribution in [-0.2, 0) is 19.5 Å². The van der Waals surface area contributed by atoms with Gasteiger partial charge in [-0.1, -0.05) is 48.5 Å². The molecule has 348 valence electrons. The predicted molar refractivity (Wildman–Crippen MR) is 268 cm³/mol. The Morgan fingerprint density at radius 1 is 0.657 bits per heavy atom. The molecule has 1 fully saturated rings. The van der Waals surface area contributed by atoms with E-state index in [1.54, 1.807) is 34.0 Å². The quantitative estimate of drug-likeness (QED) is 0.114. The van der Waals surface area contributed by atoms with Crippen molar-refractivity contribution in [1.82, 2.24) is 73.9 Å². The van der Waals surface area contributed by atoms with Gasteiger partial charge in [0.1, 0.15) is 35.7 Å². The Labute approximate surface area is 398 Å². The Hall–Kier alpha value is -8.84. The molecule has 6 N–H and O–H groups in total. The standard InChI is InChI=1S/C51H47N17O2/c1-29-7-6-8-32-19-38(25-65-48-42(46(52)54-27-56-48)44(62-65)34-21-58-59-22-34)68(50(69)40(29)32)37-14-17-64(18-15-37)16-13-31-11-12-33-20-39(67(36-9-4-3-5-10-36)51(70)41(33)30(31)2)26-66-49-43(47(53)55-28-57-49)45(63-66)35-23-60-61-24-35/h3-12,19-24,27-28,37H,13-18,25-26H2,1-2H3,(H,58,59)(H,60,61)(H2,52,54,56)(H2,53,55,57). The van der Waals surface area contributed by atoms with Gasteiger partial charge in [-0.25, -0.2) is 29.3 Å². The minimum atomic E-state index is -0.108. The number of benzene rings is 3. The average Bonchev–Trinajstić information content (AvgIpc) is 4.21. The second-order valence-corrected chi connectivity index (χ2v) is 18.0. The second-order valence-electron chi connectivity index (χ2n) is 18.0. The van der Waals surface area contributed by atoms with E-state index in [1.165, 1.54) is 12.7 Å². The molecule has 0 amide bonds. The van der Waals surface area contributed by atoms with Gasteiger partial charge >= 0.3 is 0 Å². The lowest BCUT2D eigenvalue weighted by Gasteiger charge is -2.34. The van der Waals surface area contributed by atoms with Gasteiger partial charge in [-0.15, -0.1) is 0 Å². The van der Waals surface area contributed by atoms with Crippen molar-refractivity contribution >= 4 is 55.2 Å². The molecular weight excluding hydrogens is 883 g/mol. The normalized spacial score (nSPS) is 13.7. The zero-order valence-corrected chi connectivity index (χ0v) is 38.4. The van der Waals surface area contributed by atoms with E-state index in [-0.39, 0.29) is 23.7 Å². The number of aromatic nitrogens is 14. The Morgan fingerprint density at radius 3 is 1.90 bits per heavy atom. The molecule has 0 spiro atoms. The minimum Gasteiger partial charge on any atom is -0.383 e. The number of hydrogen-bond acceptors (Lipinski definition) is 13. The number of nitrogens with one attached hydrogen (secondary N) is 2. The van der Waals surface area contributed by atoms with Crippen LogP contribution in [0.2, 0.25) is 0 Å². The molecule has 1 saturated heterocycles. The average molecular weight is 930 g/mol. The summed E-state index contributed by atoms with van der Waals surface area (Å²) >= 11 is 0. The number of aryl methyl sites for hydroxylation is 2. The largest absolute Gasteiger partial charge is 0.383 e. The zero-order chi connectivity index (χ0) is 47.6. The first-order valence-corrected chi connectivity index (χ1v) is 23.2. The topological polar surface area (TPSA) is 244 Å². The van der Waals surface area contributed by atoms with Crippen molar-refractivity contribution in [3.63, 3.8) is 0 Å². The van der Waals surface area contributed by atoms with Crippen LogP contribution in [-0.4, -0.2) is 93.6 Å². The molecule has 0 unspecified atom stereocenters. The van der Waals surface area contributed by atoms with Gasteiger partial charge in [0.2, 0.25) is 0 Å². The predicted octanol–water partition coefficient (Wildman–Crippen LogP) is 6.12. The lowest BCUT2D eigenvalue weighted by Crippen LogP contribution is -2.39. The van der Waals surface area contributed by atoms with Crippen LogP contribution in [0.15, 0.2) is 120 Å². The van der Waals surface area contributed by atoms with Crippen molar-refractivity contribution in [3.8, 4) is 28.2 Å². The fourth-order valence-electron chi connectivity index (χ4n) is 10.5. The molecule has 0 radical (unpaired) electrons. The smallest absolute Gasteiger partial charge is 0.263 e. The number of hydrogen-bond donors (Lipinski definition) is 4. The van der Waals surface area contributed by atoms with Crippen molar-refractivity contribution in [2.24, 2.45) is 0 Å². The number of nitrogens with zero attached hydrogens (tertiary/aromatic N) is 13. The number of nitrogen functional groups attached to an aromatic ring is 2. The summed E-state index contributed by atoms with van der Waals surface area (Å²) in [4.78, 5) is 49.8. The van der Waals surface area contributed by atoms with E-state index in [0.29, 0.717) is 57.0 Å². The van der Waals surface area contributed by atoms with E-state index in [1.807, 2.05) is 64.7 Å². The van der Waals surface area contributed by atoms with Crippen LogP contribution < -0.4 is 22.6 Å². The summed E-state index contributed by atoms with van der Waals surface area (Å²) in [7, 11) is 0. The first kappa shape index (κ1) is 42.5. The van der Waals surface area contributed by atoms with Crippen LogP contribution in [0.1, 0.15) is 47.0 Å². The van der Waals surface area contributed by atoms with Crippen molar-refractivity contribution < 1.29 is 0 Å². The number of rotatable bonds is 11. The van der Waals surface area contributed by atoms with Crippen LogP contribution in [0, 0.1) is 13.8 Å². The van der Waals surface area contributed by atoms with Gasteiger partial charge in [0, 0.05) is 66.3 Å². The third-order valence-corrected chi connectivity index (χ3v) is 13.9. The van der Waals surface area contributed by atoms with Crippen LogP contribution in [0.25, 0.3) is 71.8 Å². The van der Waals surface area contributed by atoms with E-state index < -0.39 is 0 Å². The second kappa shape index (κ2) is 17.0. The van der Waals surface area contributed by atoms with E-state index in [4.69, 9.17) is 21.7 Å². The summed E-state index contributed by atoms with van der Waals surface area (Å²) < 4.78 is 7.36. The molecule has 1 aliphatic heterocycles. The van der Waals surface area contributed by atoms with Gasteiger partial charge in [-0.2, -0.15) is 20.4 Å². The summed E-state index contributed by atoms with van der Waals surface area (Å²) in [6.45, 7) is 7.00. The number of fused-ring (bicyclic) bond motifs is 4. The molecule has 0 aliphatic carbocycles. The highest BCUT2D eigenvalue weighted by Gasteiger charge is 2.27. The summed E-state index contributed by atoms with van der Waals surface area (Å²) in [5, 5.41) is 28.3. The number of para-hydroxylation sites is 1. The minimum absolute atomic E-state index is 0.00328. The molecule has 8 aromatic heterocycles. The van der Waals surface area contributed by atoms with Crippen molar-refractivity contribution in [1.29, 1.82) is 0 Å². The molecular formula is C51H47N17O2. The van der Waals surface area contributed by atoms with Crippen LogP contribution in [0.3, 0.4) is 0 Å². The van der Waals surface area contributed by atoms with Gasteiger partial charge in [0.15, 0.2) is 11.3 Å². The Morgan fingerprint density at radius 2 is 1.27 bits per heavy atom. The van der Waals surface area contributed by atoms with Crippen LogP contribution in [0.5, 0.6) is 0 Å². The molecule has 1 aliphatic rings. The van der Waals surface area contributed by atoms with Crippen molar-refractivity contribution in [2.75, 3.05) is 31.1 Å². The number of H-pyrrole nitrogens is 2. The summed E-state index contributed by atoms with van der Waals surface area (Å²) in [6.07, 6.45) is 12.1. The number of pyridine rings is 2. The van der Waals surface area contributed by atoms with Crippen LogP contribution >= 0.6 is 0 Å². The zero-order valence-electron chi connectivity index (χ0n) is 38.4. The van der Waals surface area contributed by atoms with Gasteiger partial charge in [0.05, 0.1) is 47.0 Å². The Balaban J connectivity index is 0.827. The lowest BCUT2D eigenvalue weighted by molar-refractivity contribution is 0.185. The van der Waals surface area contributed by atoms with E-state index >= 15 is 0 Å². The van der Waals surface area contributed by atoms with Crippen molar-refractivity contribution in [3.05, 3.63) is 159 Å². The fraction of sp³-hybridized carbons (Fsp3) is 0.216. The van der Waals surface area contributed by atoms with Gasteiger partial charge in [-0.05, 0) is 84.8 Å². The highest BCUT2D eigenvalue weighted by atomic mass is 16.1. The molecule has 19 heteroatoms. The molecule has 19 nitrogen and oxygen atoms in total. The number of nitrogens with two attached hydrogens (primary N) is 2. The molecule has 3 aromatic carbocycles. The molecule has 0 saturated carbocycles. The SMILES string of the molecule is Cc1c(CCN2CCC(n3c(Cn4nc(-c5cn[nH]c5)c5c(N)ncnc54)cc4cccc(C)c4c3=O)CC2)ccc2cc(Cn3nc(-c4cn[nH]c4)c4c(N)ncnc43)n(-c3ccccc3)c(=O)c12. The van der Waals surface area contributed by atoms with Gasteiger partial charge in [0.25, 0.3) is 11.1 Å². The van der Waals surface area contributed by atoms with E-state index in [9.17, 15) is 9.59 Å². The Kier molecular flexibility index (Phi) is 10.3. The van der Waals surface area contributed by atoms with Crippen LogP contribution in [0.4, 0.5) is 11.6 Å². The molecule has 70 heavy (non-hydrogen) atoms.